The Labute approximate surface area is 200 Å². The summed E-state index contributed by atoms with van der Waals surface area (Å²) in [6.45, 7) is 0.865. The van der Waals surface area contributed by atoms with Crippen molar-refractivity contribution in [1.29, 1.82) is 0 Å². The standard InChI is InChI=1S/C8H9NO3.C8H11NO.C7H6BrNO2/c1-12-6-7-4-2-3-5-8(7)9(10)11;1-10-6-7-4-2-3-5-8(7)9;8-5-6-3-1-2-4-7(6)9(10)11/h2-5H,6H2,1H3;2-5H,6,9H2,1H3;1-4H,5H2. The van der Waals surface area contributed by atoms with Gasteiger partial charge >= 0.3 is 0 Å². The molecule has 0 heterocycles. The lowest BCUT2D eigenvalue weighted by atomic mass is 10.2. The number of rotatable bonds is 7. The maximum atomic E-state index is 10.4. The predicted molar refractivity (Wildman–Crippen MR) is 131 cm³/mol. The van der Waals surface area contributed by atoms with E-state index < -0.39 is 4.92 Å². The molecule has 0 atom stereocenters. The largest absolute Gasteiger partial charge is 0.398 e. The minimum atomic E-state index is -0.408. The first-order valence-corrected chi connectivity index (χ1v) is 10.8. The first kappa shape index (κ1) is 27.7. The SMILES string of the molecule is COCc1ccccc1N.COCc1ccccc1[N+](=O)[O-].O=[N+]([O-])c1ccccc1CBr. The molecule has 2 N–H and O–H groups in total. The summed E-state index contributed by atoms with van der Waals surface area (Å²) in [6, 6.07) is 20.9. The second-order valence-electron chi connectivity index (χ2n) is 6.47. The third-order valence-corrected chi connectivity index (χ3v) is 4.78. The van der Waals surface area contributed by atoms with Gasteiger partial charge in [0.05, 0.1) is 28.6 Å². The van der Waals surface area contributed by atoms with Crippen LogP contribution in [0.2, 0.25) is 0 Å². The Balaban J connectivity index is 0.000000249. The number of nitrogen functional groups attached to an aromatic ring is 1. The van der Waals surface area contributed by atoms with Crippen LogP contribution in [0.3, 0.4) is 0 Å². The molecule has 176 valence electrons. The van der Waals surface area contributed by atoms with Crippen molar-refractivity contribution >= 4 is 33.0 Å². The van der Waals surface area contributed by atoms with Crippen LogP contribution in [0, 0.1) is 20.2 Å². The number of alkyl halides is 1. The molecule has 0 aliphatic carbocycles. The van der Waals surface area contributed by atoms with Crippen molar-refractivity contribution in [2.45, 2.75) is 18.5 Å². The number of nitrogens with zero attached hydrogens (tertiary/aromatic N) is 2. The van der Waals surface area contributed by atoms with Crippen LogP contribution in [0.1, 0.15) is 16.7 Å². The van der Waals surface area contributed by atoms with E-state index in [9.17, 15) is 20.2 Å². The Morgan fingerprint density at radius 1 is 0.727 bits per heavy atom. The summed E-state index contributed by atoms with van der Waals surface area (Å²) in [5.74, 6) is 0. The van der Waals surface area contributed by atoms with Crippen LogP contribution in [-0.4, -0.2) is 24.1 Å². The van der Waals surface area contributed by atoms with Crippen LogP contribution < -0.4 is 5.73 Å². The minimum absolute atomic E-state index is 0.111. The molecule has 0 saturated carbocycles. The van der Waals surface area contributed by atoms with Gasteiger partial charge in [-0.25, -0.2) is 0 Å². The molecule has 9 nitrogen and oxygen atoms in total. The molecule has 3 aromatic rings. The highest BCUT2D eigenvalue weighted by Crippen LogP contribution is 2.19. The van der Waals surface area contributed by atoms with Gasteiger partial charge in [-0.1, -0.05) is 64.5 Å². The molecule has 0 aliphatic rings. The number of methoxy groups -OCH3 is 2. The Hall–Kier alpha value is -3.34. The van der Waals surface area contributed by atoms with Gasteiger partial charge in [-0.3, -0.25) is 20.2 Å². The maximum absolute atomic E-state index is 10.4. The van der Waals surface area contributed by atoms with Crippen LogP contribution in [0.15, 0.2) is 72.8 Å². The molecule has 3 aromatic carbocycles. The molecule has 3 rings (SSSR count). The van der Waals surface area contributed by atoms with Gasteiger partial charge in [0, 0.05) is 48.5 Å². The van der Waals surface area contributed by atoms with E-state index in [0.717, 1.165) is 11.3 Å². The predicted octanol–water partition coefficient (Wildman–Crippen LogP) is 5.65. The van der Waals surface area contributed by atoms with Gasteiger partial charge < -0.3 is 15.2 Å². The van der Waals surface area contributed by atoms with Crippen molar-refractivity contribution in [3.05, 3.63) is 110 Å². The summed E-state index contributed by atoms with van der Waals surface area (Å²) in [4.78, 5) is 20.0. The Kier molecular flexibility index (Phi) is 13.0. The molecule has 0 aliphatic heterocycles. The monoisotopic (exact) mass is 519 g/mol. The summed E-state index contributed by atoms with van der Waals surface area (Å²) in [5.41, 5.74) is 9.06. The average molecular weight is 520 g/mol. The molecule has 0 spiro atoms. The lowest BCUT2D eigenvalue weighted by Crippen LogP contribution is -1.95. The molecular formula is C23H26BrN3O6. The fourth-order valence-electron chi connectivity index (χ4n) is 2.59. The van der Waals surface area contributed by atoms with Crippen LogP contribution in [-0.2, 0) is 28.0 Å². The summed E-state index contributed by atoms with van der Waals surface area (Å²) in [6.07, 6.45) is 0. The van der Waals surface area contributed by atoms with Crippen molar-refractivity contribution in [2.75, 3.05) is 20.0 Å². The first-order chi connectivity index (χ1) is 15.8. The summed E-state index contributed by atoms with van der Waals surface area (Å²) in [5, 5.41) is 21.3. The Bertz CT molecular complexity index is 1030. The lowest BCUT2D eigenvalue weighted by Gasteiger charge is -2.01. The Morgan fingerprint density at radius 3 is 1.55 bits per heavy atom. The zero-order valence-electron chi connectivity index (χ0n) is 18.3. The molecule has 0 bridgehead atoms. The molecule has 10 heteroatoms. The van der Waals surface area contributed by atoms with Gasteiger partial charge in [0.1, 0.15) is 0 Å². The molecule has 0 saturated heterocycles. The summed E-state index contributed by atoms with van der Waals surface area (Å²) >= 11 is 3.17. The van der Waals surface area contributed by atoms with E-state index >= 15 is 0 Å². The van der Waals surface area contributed by atoms with Crippen LogP contribution in [0.5, 0.6) is 0 Å². The Morgan fingerprint density at radius 2 is 1.12 bits per heavy atom. The normalized spacial score (nSPS) is 9.67. The van der Waals surface area contributed by atoms with Gasteiger partial charge in [0.25, 0.3) is 11.4 Å². The van der Waals surface area contributed by atoms with Gasteiger partial charge in [-0.15, -0.1) is 0 Å². The van der Waals surface area contributed by atoms with E-state index in [2.05, 4.69) is 15.9 Å². The van der Waals surface area contributed by atoms with E-state index in [4.69, 9.17) is 15.2 Å². The third kappa shape index (κ3) is 9.77. The van der Waals surface area contributed by atoms with E-state index in [-0.39, 0.29) is 22.9 Å². The zero-order chi connectivity index (χ0) is 24.6. The molecule has 0 amide bonds. The number of nitrogens with two attached hydrogens (primary N) is 1. The van der Waals surface area contributed by atoms with Crippen molar-refractivity contribution in [3.63, 3.8) is 0 Å². The molecule has 0 aromatic heterocycles. The molecule has 0 fully saturated rings. The second kappa shape index (κ2) is 15.5. The molecule has 0 radical (unpaired) electrons. The van der Waals surface area contributed by atoms with E-state index in [1.165, 1.54) is 19.2 Å². The third-order valence-electron chi connectivity index (χ3n) is 4.18. The molecule has 0 unspecified atom stereocenters. The highest BCUT2D eigenvalue weighted by molar-refractivity contribution is 9.08. The van der Waals surface area contributed by atoms with Crippen molar-refractivity contribution in [2.24, 2.45) is 0 Å². The highest BCUT2D eigenvalue weighted by atomic mass is 79.9. The number of nitro benzene ring substituents is 2. The van der Waals surface area contributed by atoms with Crippen molar-refractivity contribution in [1.82, 2.24) is 0 Å². The first-order valence-electron chi connectivity index (χ1n) is 9.67. The summed E-state index contributed by atoms with van der Waals surface area (Å²) in [7, 11) is 3.17. The van der Waals surface area contributed by atoms with Gasteiger partial charge in [-0.2, -0.15) is 0 Å². The number of anilines is 1. The van der Waals surface area contributed by atoms with Crippen molar-refractivity contribution in [3.8, 4) is 0 Å². The number of para-hydroxylation sites is 3. The van der Waals surface area contributed by atoms with Crippen molar-refractivity contribution < 1.29 is 19.3 Å². The lowest BCUT2D eigenvalue weighted by molar-refractivity contribution is -0.385. The molecular weight excluding hydrogens is 494 g/mol. The highest BCUT2D eigenvalue weighted by Gasteiger charge is 2.11. The number of hydrogen-bond donors (Lipinski definition) is 1. The number of hydrogen-bond acceptors (Lipinski definition) is 7. The van der Waals surface area contributed by atoms with E-state index in [0.29, 0.717) is 23.1 Å². The average Bonchev–Trinajstić information content (AvgIpc) is 2.82. The number of benzene rings is 3. The minimum Gasteiger partial charge on any atom is -0.398 e. The smallest absolute Gasteiger partial charge is 0.274 e. The fraction of sp³-hybridized carbons (Fsp3) is 0.217. The number of halogens is 1. The maximum Gasteiger partial charge on any atom is 0.274 e. The summed E-state index contributed by atoms with van der Waals surface area (Å²) < 4.78 is 9.74. The number of ether oxygens (including phenoxy) is 2. The van der Waals surface area contributed by atoms with E-state index in [1.54, 1.807) is 43.5 Å². The van der Waals surface area contributed by atoms with E-state index in [1.807, 2.05) is 24.3 Å². The molecule has 33 heavy (non-hydrogen) atoms. The van der Waals surface area contributed by atoms with Gasteiger partial charge in [0.2, 0.25) is 0 Å². The second-order valence-corrected chi connectivity index (χ2v) is 7.03. The zero-order valence-corrected chi connectivity index (χ0v) is 19.9. The number of nitro groups is 2. The van der Waals surface area contributed by atoms with Crippen LogP contribution in [0.4, 0.5) is 17.1 Å². The fourth-order valence-corrected chi connectivity index (χ4v) is 3.06. The van der Waals surface area contributed by atoms with Crippen LogP contribution in [0.25, 0.3) is 0 Å². The van der Waals surface area contributed by atoms with Gasteiger partial charge in [0.15, 0.2) is 0 Å². The van der Waals surface area contributed by atoms with Crippen LogP contribution >= 0.6 is 15.9 Å². The topological polar surface area (TPSA) is 131 Å². The van der Waals surface area contributed by atoms with Gasteiger partial charge in [-0.05, 0) is 12.1 Å². The quantitative estimate of drug-likeness (QED) is 0.184.